The van der Waals surface area contributed by atoms with Gasteiger partial charge in [0.15, 0.2) is 0 Å². The fourth-order valence-corrected chi connectivity index (χ4v) is 4.76. The van der Waals surface area contributed by atoms with Crippen LogP contribution in [0.3, 0.4) is 0 Å². The minimum atomic E-state index is -0.903. The number of methoxy groups -OCH3 is 1. The number of ether oxygens (including phenoxy) is 2. The second-order valence-electron chi connectivity index (χ2n) is 8.88. The zero-order chi connectivity index (χ0) is 23.2. The third-order valence-corrected chi connectivity index (χ3v) is 6.61. The molecule has 3 aromatic rings. The van der Waals surface area contributed by atoms with E-state index in [2.05, 4.69) is 48.0 Å². The van der Waals surface area contributed by atoms with Crippen LogP contribution in [0.1, 0.15) is 31.4 Å². The molecule has 1 aliphatic rings. The van der Waals surface area contributed by atoms with Gasteiger partial charge in [0.2, 0.25) is 0 Å². The maximum Gasteiger partial charge on any atom is 0.329 e. The zero-order valence-corrected chi connectivity index (χ0v) is 19.4. The Morgan fingerprint density at radius 1 is 1.00 bits per heavy atom. The Kier molecular flexibility index (Phi) is 7.45. The summed E-state index contributed by atoms with van der Waals surface area (Å²) in [4.78, 5) is 10.7. The maximum atomic E-state index is 10.7. The summed E-state index contributed by atoms with van der Waals surface area (Å²) in [6.45, 7) is 3.39. The SMILES string of the molecule is COc1ccc(-c2c(-c3ccccc3)nn(CC3CCC(COCC(=O)O)CC3)c2C)cc1. The highest BCUT2D eigenvalue weighted by atomic mass is 16.5. The van der Waals surface area contributed by atoms with Crippen molar-refractivity contribution in [1.29, 1.82) is 0 Å². The number of carboxylic acid groups (broad SMARTS) is 1. The number of hydrogen-bond acceptors (Lipinski definition) is 4. The van der Waals surface area contributed by atoms with Gasteiger partial charge >= 0.3 is 5.97 Å². The molecule has 1 aliphatic carbocycles. The van der Waals surface area contributed by atoms with Crippen LogP contribution in [0, 0.1) is 18.8 Å². The van der Waals surface area contributed by atoms with Gasteiger partial charge in [0.05, 0.1) is 13.7 Å². The molecule has 1 N–H and O–H groups in total. The first-order chi connectivity index (χ1) is 16.0. The summed E-state index contributed by atoms with van der Waals surface area (Å²) in [5.41, 5.74) is 5.60. The quantitative estimate of drug-likeness (QED) is 0.472. The van der Waals surface area contributed by atoms with Crippen LogP contribution >= 0.6 is 0 Å². The number of benzene rings is 2. The van der Waals surface area contributed by atoms with Crippen molar-refractivity contribution in [2.75, 3.05) is 20.3 Å². The third kappa shape index (κ3) is 5.63. The summed E-state index contributed by atoms with van der Waals surface area (Å²) in [5, 5.41) is 13.8. The predicted octanol–water partition coefficient (Wildman–Crippen LogP) is 5.44. The summed E-state index contributed by atoms with van der Waals surface area (Å²) in [5.74, 6) is 0.953. The molecule has 0 radical (unpaired) electrons. The molecule has 6 nitrogen and oxygen atoms in total. The minimum Gasteiger partial charge on any atom is -0.497 e. The van der Waals surface area contributed by atoms with Gasteiger partial charge in [-0.3, -0.25) is 4.68 Å². The highest BCUT2D eigenvalue weighted by Gasteiger charge is 2.24. The molecule has 1 heterocycles. The molecule has 0 amide bonds. The Bertz CT molecular complexity index is 1050. The lowest BCUT2D eigenvalue weighted by Gasteiger charge is -2.28. The van der Waals surface area contributed by atoms with Crippen molar-refractivity contribution in [3.05, 3.63) is 60.3 Å². The van der Waals surface area contributed by atoms with Gasteiger partial charge in [0.1, 0.15) is 18.1 Å². The van der Waals surface area contributed by atoms with Crippen LogP contribution in [0.5, 0.6) is 5.75 Å². The Balaban J connectivity index is 1.52. The third-order valence-electron chi connectivity index (χ3n) is 6.61. The maximum absolute atomic E-state index is 10.7. The number of nitrogens with zero attached hydrogens (tertiary/aromatic N) is 2. The van der Waals surface area contributed by atoms with Gasteiger partial charge in [-0.2, -0.15) is 5.10 Å². The van der Waals surface area contributed by atoms with Gasteiger partial charge in [-0.25, -0.2) is 4.79 Å². The first kappa shape index (κ1) is 23.1. The second kappa shape index (κ2) is 10.7. The Hall–Kier alpha value is -3.12. The lowest BCUT2D eigenvalue weighted by atomic mass is 9.82. The lowest BCUT2D eigenvalue weighted by Crippen LogP contribution is -2.23. The van der Waals surface area contributed by atoms with E-state index in [1.54, 1.807) is 7.11 Å². The molecule has 6 heteroatoms. The monoisotopic (exact) mass is 448 g/mol. The molecule has 33 heavy (non-hydrogen) atoms. The molecule has 0 aliphatic heterocycles. The van der Waals surface area contributed by atoms with Crippen LogP contribution in [-0.2, 0) is 16.1 Å². The second-order valence-corrected chi connectivity index (χ2v) is 8.88. The normalized spacial score (nSPS) is 18.2. The van der Waals surface area contributed by atoms with E-state index < -0.39 is 5.97 Å². The van der Waals surface area contributed by atoms with Crippen molar-refractivity contribution in [2.45, 2.75) is 39.2 Å². The van der Waals surface area contributed by atoms with Crippen molar-refractivity contribution in [3.63, 3.8) is 0 Å². The van der Waals surface area contributed by atoms with Crippen molar-refractivity contribution < 1.29 is 19.4 Å². The minimum absolute atomic E-state index is 0.206. The molecule has 1 saturated carbocycles. The summed E-state index contributed by atoms with van der Waals surface area (Å²) in [7, 11) is 1.68. The van der Waals surface area contributed by atoms with Gasteiger partial charge in [0, 0.05) is 23.4 Å². The van der Waals surface area contributed by atoms with Crippen LogP contribution in [0.2, 0.25) is 0 Å². The van der Waals surface area contributed by atoms with E-state index in [4.69, 9.17) is 19.7 Å². The van der Waals surface area contributed by atoms with Gasteiger partial charge < -0.3 is 14.6 Å². The largest absolute Gasteiger partial charge is 0.497 e. The number of aromatic nitrogens is 2. The number of rotatable bonds is 9. The van der Waals surface area contributed by atoms with E-state index in [9.17, 15) is 4.79 Å². The van der Waals surface area contributed by atoms with Gasteiger partial charge in [-0.1, -0.05) is 42.5 Å². The summed E-state index contributed by atoms with van der Waals surface area (Å²) < 4.78 is 12.8. The first-order valence-corrected chi connectivity index (χ1v) is 11.6. The van der Waals surface area contributed by atoms with Crippen LogP contribution in [0.4, 0.5) is 0 Å². The highest BCUT2D eigenvalue weighted by molar-refractivity contribution is 5.82. The average Bonchev–Trinajstić information content (AvgIpc) is 3.16. The van der Waals surface area contributed by atoms with Crippen molar-refractivity contribution in [3.8, 4) is 28.1 Å². The lowest BCUT2D eigenvalue weighted by molar-refractivity contribution is -0.142. The number of aliphatic carboxylic acids is 1. The van der Waals surface area contributed by atoms with Crippen LogP contribution < -0.4 is 4.74 Å². The molecule has 174 valence electrons. The van der Waals surface area contributed by atoms with Crippen molar-refractivity contribution in [2.24, 2.45) is 11.8 Å². The van der Waals surface area contributed by atoms with Gasteiger partial charge in [0.25, 0.3) is 0 Å². The van der Waals surface area contributed by atoms with E-state index >= 15 is 0 Å². The Labute approximate surface area is 195 Å². The fourth-order valence-electron chi connectivity index (χ4n) is 4.76. The summed E-state index contributed by atoms with van der Waals surface area (Å²) >= 11 is 0. The van der Waals surface area contributed by atoms with E-state index in [1.165, 1.54) is 11.3 Å². The van der Waals surface area contributed by atoms with E-state index in [0.717, 1.165) is 54.8 Å². The first-order valence-electron chi connectivity index (χ1n) is 11.6. The van der Waals surface area contributed by atoms with E-state index in [0.29, 0.717) is 18.4 Å². The van der Waals surface area contributed by atoms with Gasteiger partial charge in [-0.15, -0.1) is 0 Å². The van der Waals surface area contributed by atoms with Crippen molar-refractivity contribution >= 4 is 5.97 Å². The summed E-state index contributed by atoms with van der Waals surface area (Å²) in [6.07, 6.45) is 4.36. The molecule has 0 bridgehead atoms. The average molecular weight is 449 g/mol. The van der Waals surface area contributed by atoms with Crippen LogP contribution in [0.15, 0.2) is 54.6 Å². The topological polar surface area (TPSA) is 73.6 Å². The molecule has 1 aromatic heterocycles. The molecular formula is C27H32N2O4. The zero-order valence-electron chi connectivity index (χ0n) is 19.4. The molecule has 1 fully saturated rings. The Morgan fingerprint density at radius 2 is 1.67 bits per heavy atom. The molecule has 4 rings (SSSR count). The molecule has 2 aromatic carbocycles. The summed E-state index contributed by atoms with van der Waals surface area (Å²) in [6, 6.07) is 18.5. The smallest absolute Gasteiger partial charge is 0.329 e. The Morgan fingerprint density at radius 3 is 2.30 bits per heavy atom. The van der Waals surface area contributed by atoms with Crippen LogP contribution in [0.25, 0.3) is 22.4 Å². The highest BCUT2D eigenvalue weighted by Crippen LogP contribution is 2.37. The predicted molar refractivity (Wildman–Crippen MR) is 128 cm³/mol. The van der Waals surface area contributed by atoms with E-state index in [1.807, 2.05) is 18.2 Å². The number of carbonyl (C=O) groups is 1. The van der Waals surface area contributed by atoms with Crippen LogP contribution in [-0.4, -0.2) is 41.2 Å². The van der Waals surface area contributed by atoms with E-state index in [-0.39, 0.29) is 6.61 Å². The molecule has 0 saturated heterocycles. The fraction of sp³-hybridized carbons (Fsp3) is 0.407. The van der Waals surface area contributed by atoms with Gasteiger partial charge in [-0.05, 0) is 62.1 Å². The molecule has 0 unspecified atom stereocenters. The standard InChI is InChI=1S/C27H32N2O4/c1-19-26(22-12-14-24(32-2)15-13-22)27(23-6-4-3-5-7-23)28-29(19)16-20-8-10-21(11-9-20)17-33-18-25(30)31/h3-7,12-15,20-21H,8-11,16-18H2,1-2H3,(H,30,31). The number of carboxylic acids is 1. The molecule has 0 atom stereocenters. The van der Waals surface area contributed by atoms with Crippen molar-refractivity contribution in [1.82, 2.24) is 9.78 Å². The molecule has 0 spiro atoms. The number of hydrogen-bond donors (Lipinski definition) is 1. The molecular weight excluding hydrogens is 416 g/mol.